The molecule has 1 aliphatic rings. The van der Waals surface area contributed by atoms with Crippen molar-refractivity contribution in [3.63, 3.8) is 0 Å². The van der Waals surface area contributed by atoms with Crippen molar-refractivity contribution < 1.29 is 54.2 Å². The monoisotopic (exact) mass is 749 g/mol. The summed E-state index contributed by atoms with van der Waals surface area (Å²) < 4.78 is 133. The Hall–Kier alpha value is -5.87. The molecule has 1 fully saturated rings. The third-order valence-corrected chi connectivity index (χ3v) is 8.55. The van der Waals surface area contributed by atoms with E-state index >= 15 is 0 Å². The van der Waals surface area contributed by atoms with Crippen LogP contribution < -0.4 is 19.9 Å². The Morgan fingerprint density at radius 3 is 2.02 bits per heavy atom. The van der Waals surface area contributed by atoms with Crippen molar-refractivity contribution in [2.75, 3.05) is 41.3 Å². The zero-order chi connectivity index (χ0) is 38.1. The third kappa shape index (κ3) is 8.45. The number of hydrogen-bond acceptors (Lipinski definition) is 6. The first-order valence-electron chi connectivity index (χ1n) is 15.8. The number of carboxylic acids is 1. The van der Waals surface area contributed by atoms with Crippen LogP contribution >= 0.6 is 0 Å². The van der Waals surface area contributed by atoms with Gasteiger partial charge in [-0.3, -0.25) is 0 Å². The Bertz CT molecular complexity index is 2070. The predicted octanol–water partition coefficient (Wildman–Crippen LogP) is 9.36. The molecule has 8 nitrogen and oxygen atoms in total. The van der Waals surface area contributed by atoms with Crippen molar-refractivity contribution in [1.82, 2.24) is 9.55 Å². The van der Waals surface area contributed by atoms with Gasteiger partial charge in [0.2, 0.25) is 0 Å². The zero-order valence-corrected chi connectivity index (χ0v) is 27.2. The average molecular weight is 750 g/mol. The molecule has 5 aromatic rings. The minimum absolute atomic E-state index is 0.0356. The highest BCUT2D eigenvalue weighted by molar-refractivity contribution is 5.87. The Labute approximate surface area is 295 Å². The molecule has 278 valence electrons. The summed E-state index contributed by atoms with van der Waals surface area (Å²) in [7, 11) is 0. The van der Waals surface area contributed by atoms with Crippen LogP contribution in [-0.2, 0) is 25.1 Å². The van der Waals surface area contributed by atoms with Gasteiger partial charge in [0.25, 0.3) is 0 Å². The number of carboxylic acid groups (broad SMARTS) is 1. The minimum Gasteiger partial charge on any atom is -0.478 e. The van der Waals surface area contributed by atoms with Crippen LogP contribution in [0.4, 0.5) is 56.6 Å². The number of halogens is 9. The number of alkyl halides is 9. The Morgan fingerprint density at radius 1 is 0.755 bits per heavy atom. The van der Waals surface area contributed by atoms with E-state index < -0.39 is 47.7 Å². The summed E-state index contributed by atoms with van der Waals surface area (Å²) >= 11 is 0. The summed E-state index contributed by atoms with van der Waals surface area (Å²) in [4.78, 5) is 18.3. The quantitative estimate of drug-likeness (QED) is 0.145. The van der Waals surface area contributed by atoms with Gasteiger partial charge in [0.05, 0.1) is 45.6 Å². The van der Waals surface area contributed by atoms with E-state index in [-0.39, 0.29) is 71.6 Å². The van der Waals surface area contributed by atoms with E-state index in [2.05, 4.69) is 10.3 Å². The maximum Gasteiger partial charge on any atom is 0.418 e. The highest BCUT2D eigenvalue weighted by Crippen LogP contribution is 2.42. The summed E-state index contributed by atoms with van der Waals surface area (Å²) in [6.45, 7) is -0.116. The maximum atomic E-state index is 14.7. The predicted molar refractivity (Wildman–Crippen MR) is 177 cm³/mol. The fourth-order valence-corrected chi connectivity index (χ4v) is 5.88. The molecule has 1 aromatic heterocycles. The van der Waals surface area contributed by atoms with E-state index in [1.165, 1.54) is 70.7 Å². The average Bonchev–Trinajstić information content (AvgIpc) is 3.65. The van der Waals surface area contributed by atoms with Gasteiger partial charge in [0.15, 0.2) is 0 Å². The summed E-state index contributed by atoms with van der Waals surface area (Å²) in [5.41, 5.74) is -2.89. The number of anilines is 3. The lowest BCUT2D eigenvalue weighted by atomic mass is 10.1. The second-order valence-electron chi connectivity index (χ2n) is 12.0. The Kier molecular flexibility index (Phi) is 9.94. The van der Waals surface area contributed by atoms with E-state index in [1.54, 1.807) is 4.90 Å². The minimum atomic E-state index is -4.88. The second kappa shape index (κ2) is 14.3. The molecule has 0 atom stereocenters. The lowest BCUT2D eigenvalue weighted by molar-refractivity contribution is -0.138. The van der Waals surface area contributed by atoms with Gasteiger partial charge in [-0.15, -0.1) is 0 Å². The Balaban J connectivity index is 1.32. The molecule has 0 bridgehead atoms. The van der Waals surface area contributed by atoms with Crippen LogP contribution in [0.1, 0.15) is 32.6 Å². The maximum absolute atomic E-state index is 14.7. The van der Waals surface area contributed by atoms with E-state index in [0.717, 1.165) is 36.4 Å². The molecule has 0 radical (unpaired) electrons. The van der Waals surface area contributed by atoms with Crippen molar-refractivity contribution in [2.45, 2.75) is 25.1 Å². The van der Waals surface area contributed by atoms with Crippen molar-refractivity contribution in [2.24, 2.45) is 0 Å². The number of nitrogens with one attached hydrogen (secondary N) is 1. The lowest BCUT2D eigenvalue weighted by Crippen LogP contribution is -2.47. The normalized spacial score (nSPS) is 14.0. The fraction of sp³-hybridized carbons (Fsp3) is 0.222. The van der Waals surface area contributed by atoms with Gasteiger partial charge >= 0.3 is 24.5 Å². The number of piperazine rings is 1. The molecule has 4 aromatic carbocycles. The Morgan fingerprint density at radius 2 is 1.42 bits per heavy atom. The van der Waals surface area contributed by atoms with Gasteiger partial charge in [-0.05, 0) is 72.8 Å². The molecule has 1 aliphatic heterocycles. The largest absolute Gasteiger partial charge is 0.478 e. The molecular weight excluding hydrogens is 721 g/mol. The second-order valence-corrected chi connectivity index (χ2v) is 12.0. The first-order chi connectivity index (χ1) is 25.0. The van der Waals surface area contributed by atoms with Crippen LogP contribution in [0.3, 0.4) is 0 Å². The van der Waals surface area contributed by atoms with Crippen molar-refractivity contribution in [3.8, 4) is 17.2 Å². The summed E-state index contributed by atoms with van der Waals surface area (Å²) in [6, 6.07) is 14.6. The fourth-order valence-electron chi connectivity index (χ4n) is 5.88. The smallest absolute Gasteiger partial charge is 0.418 e. The molecule has 2 N–H and O–H groups in total. The van der Waals surface area contributed by atoms with Crippen molar-refractivity contribution >= 4 is 23.0 Å². The molecule has 0 saturated carbocycles. The van der Waals surface area contributed by atoms with Crippen LogP contribution in [0, 0.1) is 0 Å². The molecular formula is C36H28F9N5O3. The number of ether oxygens (including phenoxy) is 1. The number of rotatable bonds is 9. The topological polar surface area (TPSA) is 82.9 Å². The van der Waals surface area contributed by atoms with Crippen molar-refractivity contribution in [1.29, 1.82) is 0 Å². The van der Waals surface area contributed by atoms with Crippen LogP contribution in [0.25, 0.3) is 5.69 Å². The first-order valence-corrected chi connectivity index (χ1v) is 15.8. The van der Waals surface area contributed by atoms with Gasteiger partial charge in [-0.2, -0.15) is 39.5 Å². The molecule has 0 unspecified atom stereocenters. The highest BCUT2D eigenvalue weighted by Gasteiger charge is 2.38. The standard InChI is InChI=1S/C36H28F9N5O3/c37-34(38,39)24-2-1-3-26(17-24)48-12-14-49(15-13-48)30-19-31(50-11-10-46-21-50)29(18-28(30)36(43,44)45)47-20-23-16-25(35(40,41)42)6-9-32(23)53-27-7-4-22(5-8-27)33(51)52/h1-11,16-19,21,47H,12-15,20H2,(H,51,52). The molecule has 2 heterocycles. The number of nitrogens with zero attached hydrogens (tertiary/aromatic N) is 4. The van der Waals surface area contributed by atoms with Crippen molar-refractivity contribution in [3.05, 3.63) is 125 Å². The van der Waals surface area contributed by atoms with Crippen LogP contribution in [0.2, 0.25) is 0 Å². The highest BCUT2D eigenvalue weighted by atomic mass is 19.4. The molecule has 6 rings (SSSR count). The molecule has 17 heteroatoms. The number of carbonyl (C=O) groups is 1. The van der Waals surface area contributed by atoms with E-state index in [9.17, 15) is 44.3 Å². The molecule has 1 saturated heterocycles. The van der Waals surface area contributed by atoms with Crippen LogP contribution in [-0.4, -0.2) is 46.8 Å². The van der Waals surface area contributed by atoms with E-state index in [4.69, 9.17) is 9.84 Å². The van der Waals surface area contributed by atoms with Gasteiger partial charge in [0.1, 0.15) is 11.5 Å². The molecule has 0 aliphatic carbocycles. The summed E-state index contributed by atoms with van der Waals surface area (Å²) in [5, 5.41) is 12.0. The van der Waals surface area contributed by atoms with Gasteiger partial charge < -0.3 is 29.5 Å². The van der Waals surface area contributed by atoms with E-state index in [1.807, 2.05) is 0 Å². The zero-order valence-electron chi connectivity index (χ0n) is 27.2. The molecule has 0 amide bonds. The summed E-state index contributed by atoms with van der Waals surface area (Å²) in [6.07, 6.45) is -10.0. The van der Waals surface area contributed by atoms with Crippen LogP contribution in [0.5, 0.6) is 11.5 Å². The van der Waals surface area contributed by atoms with Gasteiger partial charge in [-0.1, -0.05) is 6.07 Å². The van der Waals surface area contributed by atoms with Gasteiger partial charge in [-0.25, -0.2) is 9.78 Å². The number of hydrogen-bond donors (Lipinski definition) is 2. The third-order valence-electron chi connectivity index (χ3n) is 8.55. The van der Waals surface area contributed by atoms with E-state index in [0.29, 0.717) is 0 Å². The summed E-state index contributed by atoms with van der Waals surface area (Å²) in [5.74, 6) is -1.16. The number of aromatic nitrogens is 2. The molecule has 53 heavy (non-hydrogen) atoms. The number of imidazole rings is 1. The first kappa shape index (κ1) is 36.9. The molecule has 0 spiro atoms. The van der Waals surface area contributed by atoms with Crippen LogP contribution in [0.15, 0.2) is 97.6 Å². The lowest BCUT2D eigenvalue weighted by Gasteiger charge is -2.39. The number of benzene rings is 4. The number of aromatic carboxylic acids is 1. The SMILES string of the molecule is O=C(O)c1ccc(Oc2ccc(C(F)(F)F)cc2CNc2cc(C(F)(F)F)c(N3CCN(c4cccc(C(F)(F)F)c4)CC3)cc2-n2ccnc2)cc1. The van der Waals surface area contributed by atoms with Gasteiger partial charge in [0, 0.05) is 56.4 Å².